The molecular weight excluding hydrogens is 326 g/mol. The highest BCUT2D eigenvalue weighted by molar-refractivity contribution is 5.94. The average molecular weight is 347 g/mol. The quantitative estimate of drug-likeness (QED) is 0.697. The molecule has 0 radical (unpaired) electrons. The van der Waals surface area contributed by atoms with Crippen molar-refractivity contribution >= 4 is 5.91 Å². The third kappa shape index (κ3) is 3.33. The van der Waals surface area contributed by atoms with E-state index in [0.29, 0.717) is 18.8 Å². The highest BCUT2D eigenvalue weighted by Crippen LogP contribution is 2.27. The number of hydrogen-bond acceptors (Lipinski definition) is 3. The van der Waals surface area contributed by atoms with Crippen LogP contribution in [-0.2, 0) is 12.8 Å². The first kappa shape index (κ1) is 16.4. The van der Waals surface area contributed by atoms with Gasteiger partial charge in [0, 0.05) is 11.3 Å². The number of ether oxygens (including phenoxy) is 1. The Kier molecular flexibility index (Phi) is 4.69. The van der Waals surface area contributed by atoms with E-state index >= 15 is 0 Å². The summed E-state index contributed by atoms with van der Waals surface area (Å²) in [7, 11) is 0. The lowest BCUT2D eigenvalue weighted by atomic mass is 10.2. The van der Waals surface area contributed by atoms with Crippen LogP contribution in [0.1, 0.15) is 28.2 Å². The summed E-state index contributed by atoms with van der Waals surface area (Å²) in [4.78, 5) is 12.6. The topological polar surface area (TPSA) is 56.1 Å². The van der Waals surface area contributed by atoms with Crippen molar-refractivity contribution < 1.29 is 9.53 Å². The van der Waals surface area contributed by atoms with E-state index < -0.39 is 0 Å². The number of nitrogens with zero attached hydrogens (tertiary/aromatic N) is 2. The highest BCUT2D eigenvalue weighted by Gasteiger charge is 2.26. The Morgan fingerprint density at radius 2 is 1.77 bits per heavy atom. The molecule has 0 saturated heterocycles. The number of nitrogens with one attached hydrogen (secondary N) is 1. The van der Waals surface area contributed by atoms with Crippen LogP contribution in [0.4, 0.5) is 0 Å². The Morgan fingerprint density at radius 3 is 2.54 bits per heavy atom. The van der Waals surface area contributed by atoms with Crippen LogP contribution in [0, 0.1) is 0 Å². The lowest BCUT2D eigenvalue weighted by Gasteiger charge is -2.07. The second kappa shape index (κ2) is 7.44. The summed E-state index contributed by atoms with van der Waals surface area (Å²) in [6, 6.07) is 19.6. The van der Waals surface area contributed by atoms with Crippen LogP contribution in [0.5, 0.6) is 5.75 Å². The van der Waals surface area contributed by atoms with Gasteiger partial charge >= 0.3 is 0 Å². The van der Waals surface area contributed by atoms with E-state index in [9.17, 15) is 4.79 Å². The van der Waals surface area contributed by atoms with Crippen LogP contribution in [-0.4, -0.2) is 28.8 Å². The van der Waals surface area contributed by atoms with Gasteiger partial charge in [-0.1, -0.05) is 36.4 Å². The van der Waals surface area contributed by atoms with Gasteiger partial charge in [0.1, 0.15) is 12.4 Å². The molecule has 132 valence electrons. The first-order valence-electron chi connectivity index (χ1n) is 8.95. The Labute approximate surface area is 152 Å². The van der Waals surface area contributed by atoms with Crippen molar-refractivity contribution in [1.29, 1.82) is 0 Å². The van der Waals surface area contributed by atoms with Gasteiger partial charge in [-0.15, -0.1) is 0 Å². The van der Waals surface area contributed by atoms with E-state index in [4.69, 9.17) is 4.74 Å². The minimum absolute atomic E-state index is 0.130. The van der Waals surface area contributed by atoms with Crippen molar-refractivity contribution in [3.8, 4) is 11.4 Å². The van der Waals surface area contributed by atoms with E-state index in [2.05, 4.69) is 10.4 Å². The Hall–Kier alpha value is -3.08. The monoisotopic (exact) mass is 347 g/mol. The van der Waals surface area contributed by atoms with Crippen molar-refractivity contribution in [2.75, 3.05) is 13.2 Å². The molecule has 1 heterocycles. The van der Waals surface area contributed by atoms with E-state index in [1.807, 2.05) is 65.3 Å². The van der Waals surface area contributed by atoms with Crippen molar-refractivity contribution in [2.45, 2.75) is 19.3 Å². The van der Waals surface area contributed by atoms with E-state index in [0.717, 1.165) is 42.0 Å². The molecule has 5 nitrogen and oxygen atoms in total. The minimum atomic E-state index is -0.130. The van der Waals surface area contributed by atoms with Gasteiger partial charge < -0.3 is 10.1 Å². The molecule has 5 heteroatoms. The van der Waals surface area contributed by atoms with Gasteiger partial charge in [0.2, 0.25) is 0 Å². The highest BCUT2D eigenvalue weighted by atomic mass is 16.5. The minimum Gasteiger partial charge on any atom is -0.492 e. The van der Waals surface area contributed by atoms with Crippen molar-refractivity contribution in [3.05, 3.63) is 77.6 Å². The molecule has 1 aliphatic carbocycles. The lowest BCUT2D eigenvalue weighted by Crippen LogP contribution is -2.29. The van der Waals surface area contributed by atoms with Crippen molar-refractivity contribution in [2.24, 2.45) is 0 Å². The molecule has 0 aliphatic heterocycles. The molecule has 1 aliphatic rings. The van der Waals surface area contributed by atoms with Crippen LogP contribution in [0.2, 0.25) is 0 Å². The zero-order valence-corrected chi connectivity index (χ0v) is 14.5. The van der Waals surface area contributed by atoms with Gasteiger partial charge in [0.25, 0.3) is 5.91 Å². The predicted molar refractivity (Wildman–Crippen MR) is 99.9 cm³/mol. The molecule has 0 unspecified atom stereocenters. The number of amides is 1. The fourth-order valence-corrected chi connectivity index (χ4v) is 3.34. The van der Waals surface area contributed by atoms with E-state index in [1.54, 1.807) is 0 Å². The summed E-state index contributed by atoms with van der Waals surface area (Å²) in [6.45, 7) is 0.873. The molecule has 1 aromatic heterocycles. The van der Waals surface area contributed by atoms with Crippen LogP contribution in [0.25, 0.3) is 5.69 Å². The molecule has 0 bridgehead atoms. The second-order valence-corrected chi connectivity index (χ2v) is 6.29. The zero-order chi connectivity index (χ0) is 17.8. The van der Waals surface area contributed by atoms with Gasteiger partial charge in [-0.25, -0.2) is 4.68 Å². The number of fused-ring (bicyclic) bond motifs is 1. The molecule has 0 saturated carbocycles. The van der Waals surface area contributed by atoms with Crippen LogP contribution < -0.4 is 10.1 Å². The molecule has 3 aromatic rings. The normalized spacial score (nSPS) is 12.6. The summed E-state index contributed by atoms with van der Waals surface area (Å²) < 4.78 is 7.53. The largest absolute Gasteiger partial charge is 0.492 e. The Bertz CT molecular complexity index is 888. The number of para-hydroxylation sites is 2. The number of aromatic nitrogens is 2. The number of benzene rings is 2. The summed E-state index contributed by atoms with van der Waals surface area (Å²) in [5, 5.41) is 7.53. The number of rotatable bonds is 6. The Balaban J connectivity index is 1.43. The van der Waals surface area contributed by atoms with Gasteiger partial charge in [-0.2, -0.15) is 5.10 Å². The average Bonchev–Trinajstić information content (AvgIpc) is 3.29. The SMILES string of the molecule is O=C(NCCOc1ccccc1)c1nn(-c2ccccc2)c2c1CCC2. The van der Waals surface area contributed by atoms with Gasteiger partial charge in [0.15, 0.2) is 5.69 Å². The van der Waals surface area contributed by atoms with Gasteiger partial charge in [-0.05, 0) is 43.5 Å². The zero-order valence-electron chi connectivity index (χ0n) is 14.5. The summed E-state index contributed by atoms with van der Waals surface area (Å²) in [5.74, 6) is 0.672. The maximum Gasteiger partial charge on any atom is 0.272 e. The first-order chi connectivity index (χ1) is 12.8. The molecule has 2 aromatic carbocycles. The molecule has 1 amide bonds. The van der Waals surface area contributed by atoms with Gasteiger partial charge in [-0.3, -0.25) is 4.79 Å². The van der Waals surface area contributed by atoms with Crippen LogP contribution >= 0.6 is 0 Å². The lowest BCUT2D eigenvalue weighted by molar-refractivity contribution is 0.0940. The summed E-state index contributed by atoms with van der Waals surface area (Å²) in [5.41, 5.74) is 3.77. The fourth-order valence-electron chi connectivity index (χ4n) is 3.34. The smallest absolute Gasteiger partial charge is 0.272 e. The summed E-state index contributed by atoms with van der Waals surface area (Å²) >= 11 is 0. The third-order valence-corrected chi connectivity index (χ3v) is 4.55. The second-order valence-electron chi connectivity index (χ2n) is 6.29. The molecule has 1 N–H and O–H groups in total. The molecule has 4 rings (SSSR count). The third-order valence-electron chi connectivity index (χ3n) is 4.55. The van der Waals surface area contributed by atoms with Crippen LogP contribution in [0.3, 0.4) is 0 Å². The van der Waals surface area contributed by atoms with Crippen molar-refractivity contribution in [3.63, 3.8) is 0 Å². The van der Waals surface area contributed by atoms with E-state index in [-0.39, 0.29) is 5.91 Å². The maximum atomic E-state index is 12.6. The molecule has 26 heavy (non-hydrogen) atoms. The molecule has 0 fully saturated rings. The maximum absolute atomic E-state index is 12.6. The number of carbonyl (C=O) groups is 1. The van der Waals surface area contributed by atoms with Crippen molar-refractivity contribution in [1.82, 2.24) is 15.1 Å². The molecule has 0 spiro atoms. The number of carbonyl (C=O) groups excluding carboxylic acids is 1. The van der Waals surface area contributed by atoms with E-state index in [1.165, 1.54) is 0 Å². The fraction of sp³-hybridized carbons (Fsp3) is 0.238. The Morgan fingerprint density at radius 1 is 1.04 bits per heavy atom. The van der Waals surface area contributed by atoms with Gasteiger partial charge in [0.05, 0.1) is 12.2 Å². The standard InChI is InChI=1S/C21H21N3O2/c25-21(22-14-15-26-17-10-5-2-6-11-17)20-18-12-7-13-19(18)24(23-20)16-8-3-1-4-9-16/h1-6,8-11H,7,12-15H2,(H,22,25). The molecule has 0 atom stereocenters. The number of hydrogen-bond donors (Lipinski definition) is 1. The first-order valence-corrected chi connectivity index (χ1v) is 8.95. The van der Waals surface area contributed by atoms with Crippen LogP contribution in [0.15, 0.2) is 60.7 Å². The predicted octanol–water partition coefficient (Wildman–Crippen LogP) is 3.17. The molecular formula is C21H21N3O2. The summed E-state index contributed by atoms with van der Waals surface area (Å²) in [6.07, 6.45) is 2.94.